The van der Waals surface area contributed by atoms with E-state index >= 15 is 0 Å². The lowest BCUT2D eigenvalue weighted by molar-refractivity contribution is -0.386. The number of nitrogens with one attached hydrogen (secondary N) is 1. The Balaban J connectivity index is 2.19. The van der Waals surface area contributed by atoms with Crippen LogP contribution in [0, 0.1) is 10.1 Å². The minimum atomic E-state index is -0.514. The lowest BCUT2D eigenvalue weighted by atomic mass is 10.3. The van der Waals surface area contributed by atoms with Crippen molar-refractivity contribution < 1.29 is 14.4 Å². The van der Waals surface area contributed by atoms with Crippen LogP contribution in [-0.2, 0) is 6.61 Å². The zero-order chi connectivity index (χ0) is 15.2. The van der Waals surface area contributed by atoms with E-state index in [-0.39, 0.29) is 18.0 Å². The van der Waals surface area contributed by atoms with Crippen LogP contribution in [0.4, 0.5) is 11.5 Å². The molecule has 0 bridgehead atoms. The summed E-state index contributed by atoms with van der Waals surface area (Å²) in [5.41, 5.74) is 2.87. The summed E-state index contributed by atoms with van der Waals surface area (Å²) in [7, 11) is 1.48. The fourth-order valence-corrected chi connectivity index (χ4v) is 1.68. The smallest absolute Gasteiger partial charge is 0.311 e. The highest BCUT2D eigenvalue weighted by Gasteiger charge is 2.16. The highest BCUT2D eigenvalue weighted by Crippen LogP contribution is 2.31. The van der Waals surface area contributed by atoms with E-state index in [0.29, 0.717) is 17.3 Å². The molecule has 0 aliphatic carbocycles. The monoisotopic (exact) mass is 290 g/mol. The molecule has 0 aliphatic heterocycles. The lowest BCUT2D eigenvalue weighted by Gasteiger charge is -2.09. The first kappa shape index (κ1) is 14.5. The second kappa shape index (κ2) is 6.53. The molecule has 8 heteroatoms. The van der Waals surface area contributed by atoms with Crippen molar-refractivity contribution in [2.45, 2.75) is 6.61 Å². The zero-order valence-corrected chi connectivity index (χ0v) is 11.3. The number of anilines is 1. The number of methoxy groups -OCH3 is 1. The summed E-state index contributed by atoms with van der Waals surface area (Å²) in [5.74, 6) is 6.34. The third-order valence-corrected chi connectivity index (χ3v) is 2.69. The number of nitrogen functional groups attached to an aromatic ring is 1. The number of pyridine rings is 1. The number of nitrogens with zero attached hydrogens (tertiary/aromatic N) is 2. The average Bonchev–Trinajstić information content (AvgIpc) is 2.52. The van der Waals surface area contributed by atoms with Gasteiger partial charge >= 0.3 is 5.69 Å². The van der Waals surface area contributed by atoms with Crippen LogP contribution >= 0.6 is 0 Å². The molecule has 1 heterocycles. The SMILES string of the molecule is COc1ccc([N+](=O)[O-])c(OCc2cccc(NN)n2)c1. The summed E-state index contributed by atoms with van der Waals surface area (Å²) in [6, 6.07) is 9.47. The molecule has 2 aromatic rings. The van der Waals surface area contributed by atoms with Crippen molar-refractivity contribution in [3.8, 4) is 11.5 Å². The Kier molecular flexibility index (Phi) is 4.52. The van der Waals surface area contributed by atoms with E-state index in [4.69, 9.17) is 15.3 Å². The fourth-order valence-electron chi connectivity index (χ4n) is 1.68. The number of hydrogen-bond acceptors (Lipinski definition) is 7. The van der Waals surface area contributed by atoms with Gasteiger partial charge in [0.2, 0.25) is 5.75 Å². The number of nitrogens with two attached hydrogens (primary N) is 1. The highest BCUT2D eigenvalue weighted by atomic mass is 16.6. The second-order valence-corrected chi connectivity index (χ2v) is 4.04. The van der Waals surface area contributed by atoms with Crippen LogP contribution in [0.25, 0.3) is 0 Å². The van der Waals surface area contributed by atoms with Crippen LogP contribution in [0.3, 0.4) is 0 Å². The summed E-state index contributed by atoms with van der Waals surface area (Å²) in [6.45, 7) is 0.0729. The third kappa shape index (κ3) is 3.57. The van der Waals surface area contributed by atoms with Gasteiger partial charge in [-0.05, 0) is 18.2 Å². The van der Waals surface area contributed by atoms with Crippen LogP contribution in [0.1, 0.15) is 5.69 Å². The Bertz CT molecular complexity index is 648. The molecule has 21 heavy (non-hydrogen) atoms. The molecule has 0 radical (unpaired) electrons. The quantitative estimate of drug-likeness (QED) is 0.474. The van der Waals surface area contributed by atoms with E-state index in [1.54, 1.807) is 18.2 Å². The molecular formula is C13H14N4O4. The number of ether oxygens (including phenoxy) is 2. The Morgan fingerprint density at radius 1 is 1.38 bits per heavy atom. The van der Waals surface area contributed by atoms with Crippen molar-refractivity contribution in [2.24, 2.45) is 5.84 Å². The van der Waals surface area contributed by atoms with Crippen molar-refractivity contribution in [1.82, 2.24) is 4.98 Å². The van der Waals surface area contributed by atoms with Crippen LogP contribution in [0.15, 0.2) is 36.4 Å². The Hall–Kier alpha value is -2.87. The number of hydrogen-bond donors (Lipinski definition) is 2. The number of nitro benzene ring substituents is 1. The van der Waals surface area contributed by atoms with Gasteiger partial charge in [0.15, 0.2) is 0 Å². The number of nitro groups is 1. The number of hydrazine groups is 1. The van der Waals surface area contributed by atoms with E-state index in [1.807, 2.05) is 0 Å². The first-order valence-electron chi connectivity index (χ1n) is 6.02. The summed E-state index contributed by atoms with van der Waals surface area (Å²) >= 11 is 0. The van der Waals surface area contributed by atoms with Gasteiger partial charge in [0.25, 0.3) is 0 Å². The molecule has 0 amide bonds. The maximum absolute atomic E-state index is 11.0. The van der Waals surface area contributed by atoms with Gasteiger partial charge < -0.3 is 14.9 Å². The predicted molar refractivity (Wildman–Crippen MR) is 76.0 cm³/mol. The Morgan fingerprint density at radius 2 is 2.19 bits per heavy atom. The van der Waals surface area contributed by atoms with Gasteiger partial charge in [-0.25, -0.2) is 10.8 Å². The molecule has 0 saturated heterocycles. The van der Waals surface area contributed by atoms with Gasteiger partial charge in [-0.2, -0.15) is 0 Å². The van der Waals surface area contributed by atoms with Gasteiger partial charge in [0.05, 0.1) is 17.7 Å². The number of aromatic nitrogens is 1. The molecule has 0 spiro atoms. The normalized spacial score (nSPS) is 10.0. The van der Waals surface area contributed by atoms with Crippen LogP contribution in [0.5, 0.6) is 11.5 Å². The maximum Gasteiger partial charge on any atom is 0.311 e. The summed E-state index contributed by atoms with van der Waals surface area (Å²) in [4.78, 5) is 14.6. The predicted octanol–water partition coefficient (Wildman–Crippen LogP) is 1.86. The first-order valence-corrected chi connectivity index (χ1v) is 6.02. The topological polar surface area (TPSA) is 113 Å². The minimum Gasteiger partial charge on any atom is -0.497 e. The molecule has 1 aromatic heterocycles. The molecule has 110 valence electrons. The van der Waals surface area contributed by atoms with E-state index in [9.17, 15) is 10.1 Å². The molecular weight excluding hydrogens is 276 g/mol. The second-order valence-electron chi connectivity index (χ2n) is 4.04. The van der Waals surface area contributed by atoms with Crippen molar-refractivity contribution in [3.63, 3.8) is 0 Å². The van der Waals surface area contributed by atoms with Crippen molar-refractivity contribution >= 4 is 11.5 Å². The molecule has 1 aromatic carbocycles. The molecule has 0 saturated carbocycles. The number of rotatable bonds is 6. The van der Waals surface area contributed by atoms with Crippen LogP contribution in [0.2, 0.25) is 0 Å². The fraction of sp³-hybridized carbons (Fsp3) is 0.154. The zero-order valence-electron chi connectivity index (χ0n) is 11.3. The van der Waals surface area contributed by atoms with E-state index in [0.717, 1.165) is 0 Å². The van der Waals surface area contributed by atoms with Gasteiger partial charge in [0.1, 0.15) is 18.2 Å². The summed E-state index contributed by atoms with van der Waals surface area (Å²) in [5, 5.41) is 11.0. The highest BCUT2D eigenvalue weighted by molar-refractivity contribution is 5.50. The maximum atomic E-state index is 11.0. The Morgan fingerprint density at radius 3 is 2.86 bits per heavy atom. The molecule has 0 fully saturated rings. The van der Waals surface area contributed by atoms with E-state index in [1.165, 1.54) is 25.3 Å². The number of benzene rings is 1. The van der Waals surface area contributed by atoms with Crippen molar-refractivity contribution in [1.29, 1.82) is 0 Å². The van der Waals surface area contributed by atoms with Gasteiger partial charge in [0, 0.05) is 12.1 Å². The molecule has 8 nitrogen and oxygen atoms in total. The van der Waals surface area contributed by atoms with E-state index < -0.39 is 4.92 Å². The Labute approximate surface area is 120 Å². The van der Waals surface area contributed by atoms with Gasteiger partial charge in [-0.3, -0.25) is 10.1 Å². The molecule has 0 atom stereocenters. The lowest BCUT2D eigenvalue weighted by Crippen LogP contribution is -2.10. The molecule has 3 N–H and O–H groups in total. The largest absolute Gasteiger partial charge is 0.497 e. The average molecular weight is 290 g/mol. The van der Waals surface area contributed by atoms with Crippen molar-refractivity contribution in [3.05, 3.63) is 52.2 Å². The van der Waals surface area contributed by atoms with Crippen LogP contribution < -0.4 is 20.7 Å². The summed E-state index contributed by atoms with van der Waals surface area (Å²) in [6.07, 6.45) is 0. The molecule has 0 aliphatic rings. The summed E-state index contributed by atoms with van der Waals surface area (Å²) < 4.78 is 10.5. The first-order chi connectivity index (χ1) is 10.1. The van der Waals surface area contributed by atoms with Gasteiger partial charge in [-0.1, -0.05) is 6.07 Å². The van der Waals surface area contributed by atoms with Crippen LogP contribution in [-0.4, -0.2) is 17.0 Å². The molecule has 2 rings (SSSR count). The third-order valence-electron chi connectivity index (χ3n) is 2.69. The van der Waals surface area contributed by atoms with Crippen molar-refractivity contribution in [2.75, 3.05) is 12.5 Å². The standard InChI is InChI=1S/C13H14N4O4/c1-20-10-5-6-11(17(18)19)12(7-10)21-8-9-3-2-4-13(15-9)16-14/h2-7H,8,14H2,1H3,(H,15,16). The minimum absolute atomic E-state index is 0.0729. The van der Waals surface area contributed by atoms with Gasteiger partial charge in [-0.15, -0.1) is 0 Å². The van der Waals surface area contributed by atoms with E-state index in [2.05, 4.69) is 10.4 Å². The molecule has 0 unspecified atom stereocenters.